The van der Waals surface area contributed by atoms with E-state index < -0.39 is 0 Å². The second-order valence-corrected chi connectivity index (χ2v) is 27.9. The van der Waals surface area contributed by atoms with E-state index in [1.807, 2.05) is 320 Å². The number of aromatic nitrogens is 12. The highest BCUT2D eigenvalue weighted by Crippen LogP contribution is 2.30. The molecule has 0 spiro atoms. The van der Waals surface area contributed by atoms with Crippen LogP contribution in [0.4, 0.5) is 140 Å². The molecule has 0 atom stereocenters. The number of nitrogens with zero attached hydrogens (tertiary/aromatic N) is 12. The van der Waals surface area contributed by atoms with Crippen LogP contribution in [0.15, 0.2) is 309 Å². The van der Waals surface area contributed by atoms with Crippen molar-refractivity contribution in [2.24, 2.45) is 0 Å². The number of aryl methyl sites for hydroxylation is 7. The first-order chi connectivity index (χ1) is 59.4. The molecule has 0 amide bonds. The molecule has 12 N–H and O–H groups in total. The highest BCUT2D eigenvalue weighted by molar-refractivity contribution is 5.90. The summed E-state index contributed by atoms with van der Waals surface area (Å²) >= 11 is 0. The minimum Gasteiger partial charge on any atom is -0.497 e. The van der Waals surface area contributed by atoms with E-state index in [2.05, 4.69) is 137 Å². The number of esters is 1. The molecule has 4 aromatic heterocycles. The van der Waals surface area contributed by atoms with Gasteiger partial charge in [-0.2, -0.15) is 59.8 Å². The predicted octanol–water partition coefficient (Wildman–Crippen LogP) is 22.8. The topological polar surface area (TPSA) is 335 Å². The standard InChI is InChI=1S/C26H26N6O2.C24H24N6.C23H22N6.C22H20N6O/c1-4-34-23(33)19-10-14-21(15-11-19)28-25-30-24(27-20-12-8-17(2)9-13-20)31-26(32-25)29-22-7-5-6-18(3)16-22;1-16-11-13-19(14-12-16)25-22-28-23(26-20-9-6-7-17(2)15-20)30-24(29-22)27-21-10-5-4-8-18(21)3;1-16-11-13-19(14-12-16)25-22-27-21(24-18-8-4-3-5-9-18)28-23(29-22)26-20-10-6-7-17(2)15-20;1-29-19-14-8-13-18(15-19)25-22-27-20(23-16-9-4-2-5-10-16)26-21(28-22)24-17-11-6-3-7-12-17/h5-16H,4H2,1-3H3,(H3,27,28,29,30,31,32);4-15H,1-3H3,(H3,25,26,27,28,29,30);3-15H,1-2H3,(H3,24,25,26,27,28,29);2-15H,1H3,(H3,23,24,25,26,27,28). The molecule has 16 aromatic rings. The van der Waals surface area contributed by atoms with E-state index in [1.165, 1.54) is 11.1 Å². The number of ether oxygens (including phenoxy) is 2. The summed E-state index contributed by atoms with van der Waals surface area (Å²) < 4.78 is 10.3. The summed E-state index contributed by atoms with van der Waals surface area (Å²) in [6, 6.07) is 100. The third-order valence-corrected chi connectivity index (χ3v) is 17.7. The first-order valence-electron chi connectivity index (χ1n) is 39.3. The number of nitrogens with one attached hydrogen (secondary N) is 12. The van der Waals surface area contributed by atoms with E-state index in [9.17, 15) is 4.79 Å². The van der Waals surface area contributed by atoms with Crippen LogP contribution in [-0.2, 0) is 4.74 Å². The van der Waals surface area contributed by atoms with Gasteiger partial charge in [-0.1, -0.05) is 168 Å². The maximum absolute atomic E-state index is 11.9. The second-order valence-electron chi connectivity index (χ2n) is 27.9. The zero-order chi connectivity index (χ0) is 84.8. The van der Waals surface area contributed by atoms with Gasteiger partial charge in [0.25, 0.3) is 0 Å². The Balaban J connectivity index is 0.000000140. The number of hydrogen-bond donors (Lipinski definition) is 12. The van der Waals surface area contributed by atoms with Gasteiger partial charge in [-0.3, -0.25) is 0 Å². The Hall–Kier alpha value is -16.5. The highest BCUT2D eigenvalue weighted by atomic mass is 16.5. The molecule has 122 heavy (non-hydrogen) atoms. The Morgan fingerprint density at radius 1 is 0.238 bits per heavy atom. The van der Waals surface area contributed by atoms with Gasteiger partial charge >= 0.3 is 5.97 Å². The second kappa shape index (κ2) is 41.9. The third kappa shape index (κ3) is 26.3. The van der Waals surface area contributed by atoms with Gasteiger partial charge in [0.15, 0.2) is 0 Å². The Morgan fingerprint density at radius 2 is 0.475 bits per heavy atom. The van der Waals surface area contributed by atoms with Crippen LogP contribution in [0, 0.1) is 48.5 Å². The van der Waals surface area contributed by atoms with Crippen molar-refractivity contribution in [3.63, 3.8) is 0 Å². The van der Waals surface area contributed by atoms with Crippen LogP contribution >= 0.6 is 0 Å². The van der Waals surface area contributed by atoms with Crippen molar-refractivity contribution in [2.75, 3.05) is 77.5 Å². The lowest BCUT2D eigenvalue weighted by Gasteiger charge is -2.13. The first kappa shape index (κ1) is 83.5. The summed E-state index contributed by atoms with van der Waals surface area (Å²) in [5.41, 5.74) is 19.1. The van der Waals surface area contributed by atoms with Gasteiger partial charge in [0.05, 0.1) is 19.3 Å². The fourth-order valence-corrected chi connectivity index (χ4v) is 11.7. The largest absolute Gasteiger partial charge is 0.497 e. The summed E-state index contributed by atoms with van der Waals surface area (Å²) in [4.78, 5) is 66.2. The molecule has 0 saturated heterocycles. The molecule has 0 saturated carbocycles. The lowest BCUT2D eigenvalue weighted by molar-refractivity contribution is 0.0526. The minimum absolute atomic E-state index is 0.331. The molecule has 0 fully saturated rings. The molecule has 27 nitrogen and oxygen atoms in total. The van der Waals surface area contributed by atoms with Crippen LogP contribution in [0.3, 0.4) is 0 Å². The Labute approximate surface area is 708 Å². The van der Waals surface area contributed by atoms with Crippen LogP contribution in [-0.4, -0.2) is 79.5 Å². The summed E-state index contributed by atoms with van der Waals surface area (Å²) in [6.45, 7) is 16.4. The molecule has 16 rings (SSSR count). The van der Waals surface area contributed by atoms with Gasteiger partial charge in [-0.25, -0.2) is 4.79 Å². The predicted molar refractivity (Wildman–Crippen MR) is 492 cm³/mol. The first-order valence-corrected chi connectivity index (χ1v) is 39.3. The highest BCUT2D eigenvalue weighted by Gasteiger charge is 2.16. The zero-order valence-electron chi connectivity index (χ0n) is 68.7. The van der Waals surface area contributed by atoms with Crippen LogP contribution in [0.1, 0.15) is 56.2 Å². The summed E-state index contributed by atoms with van der Waals surface area (Å²) in [7, 11) is 1.63. The lowest BCUT2D eigenvalue weighted by atomic mass is 10.2. The Morgan fingerprint density at radius 3 is 0.754 bits per heavy atom. The van der Waals surface area contributed by atoms with E-state index in [0.717, 1.165) is 102 Å². The smallest absolute Gasteiger partial charge is 0.338 e. The maximum atomic E-state index is 11.9. The molecule has 0 aliphatic carbocycles. The zero-order valence-corrected chi connectivity index (χ0v) is 68.7. The van der Waals surface area contributed by atoms with Crippen molar-refractivity contribution < 1.29 is 14.3 Å². The number of hydrogen-bond acceptors (Lipinski definition) is 27. The van der Waals surface area contributed by atoms with Gasteiger partial charge in [-0.05, 0) is 229 Å². The monoisotopic (exact) mass is 1620 g/mol. The van der Waals surface area contributed by atoms with Crippen LogP contribution in [0.25, 0.3) is 0 Å². The van der Waals surface area contributed by atoms with Crippen molar-refractivity contribution in [3.05, 3.63) is 354 Å². The molecule has 0 radical (unpaired) electrons. The van der Waals surface area contributed by atoms with Gasteiger partial charge < -0.3 is 73.3 Å². The van der Waals surface area contributed by atoms with E-state index in [4.69, 9.17) is 9.47 Å². The average Bonchev–Trinajstić information content (AvgIpc) is 0.845. The number of anilines is 24. The molecular weight excluding hydrogens is 1530 g/mol. The summed E-state index contributed by atoms with van der Waals surface area (Å²) in [6.07, 6.45) is 0. The summed E-state index contributed by atoms with van der Waals surface area (Å²) in [5.74, 6) is 5.52. The van der Waals surface area contributed by atoms with E-state index in [0.29, 0.717) is 83.6 Å². The van der Waals surface area contributed by atoms with Crippen molar-refractivity contribution >= 4 is 146 Å². The average molecular weight is 1620 g/mol. The van der Waals surface area contributed by atoms with Gasteiger partial charge in [0.2, 0.25) is 71.4 Å². The number of benzene rings is 12. The molecule has 0 aliphatic heterocycles. The van der Waals surface area contributed by atoms with E-state index in [1.54, 1.807) is 38.3 Å². The fraction of sp³-hybridized carbons (Fsp3) is 0.105. The van der Waals surface area contributed by atoms with Crippen molar-refractivity contribution in [1.82, 2.24) is 59.8 Å². The number of rotatable bonds is 27. The van der Waals surface area contributed by atoms with E-state index in [-0.39, 0.29) is 5.97 Å². The number of carbonyl (C=O) groups is 1. The molecule has 27 heteroatoms. The number of para-hydroxylation sites is 4. The molecular formula is C95H92N24O3. The van der Waals surface area contributed by atoms with Gasteiger partial charge in [0, 0.05) is 74.3 Å². The number of carbonyl (C=O) groups excluding carboxylic acids is 1. The van der Waals surface area contributed by atoms with Crippen molar-refractivity contribution in [2.45, 2.75) is 55.4 Å². The molecule has 4 heterocycles. The third-order valence-electron chi connectivity index (χ3n) is 17.7. The van der Waals surface area contributed by atoms with Crippen LogP contribution in [0.5, 0.6) is 5.75 Å². The molecule has 0 bridgehead atoms. The minimum atomic E-state index is -0.358. The quantitative estimate of drug-likeness (QED) is 0.0213. The molecule has 0 unspecified atom stereocenters. The van der Waals surface area contributed by atoms with Crippen LogP contribution < -0.4 is 68.5 Å². The SMILES string of the molecule is CCOC(=O)c1ccc(Nc2nc(Nc3ccc(C)cc3)nc(Nc3cccc(C)c3)n2)cc1.COc1cccc(Nc2nc(Nc3ccccc3)nc(Nc3ccccc3)n2)c1.Cc1ccc(Nc2nc(Nc3cccc(C)c3)nc(Nc3ccccc3C)n2)cc1.Cc1ccc(Nc2nc(Nc3ccccc3)nc(Nc3cccc(C)c3)n2)cc1. The molecule has 12 aromatic carbocycles. The summed E-state index contributed by atoms with van der Waals surface area (Å²) in [5, 5.41) is 38.9. The van der Waals surface area contributed by atoms with Crippen molar-refractivity contribution in [1.29, 1.82) is 0 Å². The fourth-order valence-electron chi connectivity index (χ4n) is 11.7. The Bertz CT molecular complexity index is 6020. The van der Waals surface area contributed by atoms with Gasteiger partial charge in [0.1, 0.15) is 5.75 Å². The van der Waals surface area contributed by atoms with Gasteiger partial charge in [-0.15, -0.1) is 0 Å². The normalized spacial score (nSPS) is 10.4. The molecule has 0 aliphatic rings. The lowest BCUT2D eigenvalue weighted by Crippen LogP contribution is -2.08. The molecule has 610 valence electrons. The van der Waals surface area contributed by atoms with Crippen molar-refractivity contribution in [3.8, 4) is 5.75 Å². The van der Waals surface area contributed by atoms with E-state index >= 15 is 0 Å². The maximum Gasteiger partial charge on any atom is 0.338 e. The Kier molecular flexibility index (Phi) is 28.7. The number of methoxy groups -OCH3 is 1. The van der Waals surface area contributed by atoms with Crippen LogP contribution in [0.2, 0.25) is 0 Å².